The molecule has 116 valence electrons. The number of hydrogen-bond acceptors (Lipinski definition) is 3. The van der Waals surface area contributed by atoms with Crippen molar-refractivity contribution in [3.05, 3.63) is 47.5 Å². The molecule has 0 fully saturated rings. The molecule has 0 saturated carbocycles. The number of rotatable bonds is 4. The summed E-state index contributed by atoms with van der Waals surface area (Å²) in [7, 11) is 1.66. The topological polar surface area (TPSA) is 50.8 Å². The van der Waals surface area contributed by atoms with Gasteiger partial charge in [0.2, 0.25) is 0 Å². The van der Waals surface area contributed by atoms with Crippen LogP contribution in [0.5, 0.6) is 5.75 Å². The highest BCUT2D eigenvalue weighted by molar-refractivity contribution is 5.83. The van der Waals surface area contributed by atoms with Gasteiger partial charge in [0.05, 0.1) is 36.2 Å². The zero-order valence-corrected chi connectivity index (χ0v) is 13.6. The number of hydrogen-bond donors (Lipinski definition) is 0. The van der Waals surface area contributed by atoms with Gasteiger partial charge in [0, 0.05) is 6.54 Å². The van der Waals surface area contributed by atoms with E-state index in [4.69, 9.17) is 15.0 Å². The van der Waals surface area contributed by atoms with E-state index >= 15 is 0 Å². The Balaban J connectivity index is 2.29. The van der Waals surface area contributed by atoms with E-state index in [1.165, 1.54) is 11.1 Å². The van der Waals surface area contributed by atoms with Crippen molar-refractivity contribution < 1.29 is 4.74 Å². The van der Waals surface area contributed by atoms with Crippen LogP contribution in [0.3, 0.4) is 0 Å². The van der Waals surface area contributed by atoms with Gasteiger partial charge in [0.25, 0.3) is 0 Å². The van der Waals surface area contributed by atoms with Gasteiger partial charge in [0.15, 0.2) is 0 Å². The second kappa shape index (κ2) is 6.13. The summed E-state index contributed by atoms with van der Waals surface area (Å²) >= 11 is 0. The van der Waals surface area contributed by atoms with Crippen molar-refractivity contribution in [3.8, 4) is 23.2 Å². The maximum atomic E-state index is 8.99. The van der Waals surface area contributed by atoms with E-state index in [0.717, 1.165) is 28.2 Å². The lowest BCUT2D eigenvalue weighted by molar-refractivity contribution is 0.416. The largest absolute Gasteiger partial charge is 0.496 e. The number of imidazole rings is 1. The van der Waals surface area contributed by atoms with Gasteiger partial charge >= 0.3 is 0 Å². The van der Waals surface area contributed by atoms with Gasteiger partial charge in [-0.05, 0) is 49.2 Å². The number of aromatic nitrogens is 2. The van der Waals surface area contributed by atoms with E-state index in [-0.39, 0.29) is 0 Å². The monoisotopic (exact) mass is 305 g/mol. The highest BCUT2D eigenvalue weighted by Gasteiger charge is 2.16. The summed E-state index contributed by atoms with van der Waals surface area (Å²) < 4.78 is 7.60. The van der Waals surface area contributed by atoms with Crippen molar-refractivity contribution in [3.63, 3.8) is 0 Å². The van der Waals surface area contributed by atoms with Crippen LogP contribution in [0.1, 0.15) is 17.5 Å². The Kier molecular flexibility index (Phi) is 4.03. The van der Waals surface area contributed by atoms with E-state index in [0.29, 0.717) is 13.0 Å². The number of methoxy groups -OCH3 is 1. The van der Waals surface area contributed by atoms with Gasteiger partial charge in [-0.15, -0.1) is 0 Å². The van der Waals surface area contributed by atoms with Crippen LogP contribution in [0.4, 0.5) is 0 Å². The van der Waals surface area contributed by atoms with Gasteiger partial charge in [-0.25, -0.2) is 4.98 Å². The van der Waals surface area contributed by atoms with Crippen LogP contribution in [-0.4, -0.2) is 16.7 Å². The number of para-hydroxylation sites is 1. The van der Waals surface area contributed by atoms with Gasteiger partial charge in [-0.2, -0.15) is 5.26 Å². The molecule has 1 aromatic heterocycles. The molecule has 4 nitrogen and oxygen atoms in total. The lowest BCUT2D eigenvalue weighted by Crippen LogP contribution is -2.01. The molecule has 3 aromatic rings. The van der Waals surface area contributed by atoms with Crippen molar-refractivity contribution >= 4 is 11.0 Å². The Morgan fingerprint density at radius 1 is 1.17 bits per heavy atom. The van der Waals surface area contributed by atoms with Gasteiger partial charge in [0.1, 0.15) is 11.6 Å². The average Bonchev–Trinajstić information content (AvgIpc) is 2.90. The van der Waals surface area contributed by atoms with Crippen LogP contribution in [-0.2, 0) is 6.54 Å². The first-order valence-corrected chi connectivity index (χ1v) is 7.63. The third-order valence-corrected chi connectivity index (χ3v) is 4.16. The van der Waals surface area contributed by atoms with Crippen LogP contribution in [0.2, 0.25) is 0 Å². The normalized spacial score (nSPS) is 10.7. The molecule has 3 rings (SSSR count). The first-order valence-electron chi connectivity index (χ1n) is 7.63. The molecule has 0 spiro atoms. The molecule has 0 bridgehead atoms. The molecule has 0 N–H and O–H groups in total. The molecular formula is C19H19N3O. The van der Waals surface area contributed by atoms with Crippen molar-refractivity contribution in [1.29, 1.82) is 5.26 Å². The van der Waals surface area contributed by atoms with Gasteiger partial charge < -0.3 is 9.30 Å². The van der Waals surface area contributed by atoms with E-state index in [9.17, 15) is 0 Å². The zero-order chi connectivity index (χ0) is 16.4. The molecule has 23 heavy (non-hydrogen) atoms. The fraction of sp³-hybridized carbons (Fsp3) is 0.263. The van der Waals surface area contributed by atoms with Crippen molar-refractivity contribution in [1.82, 2.24) is 9.55 Å². The Bertz CT molecular complexity index is 903. The standard InChI is InChI=1S/C19H19N3O/c1-13-11-16-17(12-14(13)2)22(10-6-9-20)19(21-16)15-7-4-5-8-18(15)23-3/h4-5,7-8,11-12H,6,10H2,1-3H3. The summed E-state index contributed by atoms with van der Waals surface area (Å²) in [5.41, 5.74) is 5.40. The van der Waals surface area contributed by atoms with Crippen LogP contribution >= 0.6 is 0 Å². The molecule has 1 heterocycles. The van der Waals surface area contributed by atoms with E-state index in [1.807, 2.05) is 24.3 Å². The Morgan fingerprint density at radius 2 is 1.91 bits per heavy atom. The lowest BCUT2D eigenvalue weighted by Gasteiger charge is -2.11. The van der Waals surface area contributed by atoms with Crippen LogP contribution in [0.25, 0.3) is 22.4 Å². The second-order valence-electron chi connectivity index (χ2n) is 5.62. The number of ether oxygens (including phenoxy) is 1. The minimum Gasteiger partial charge on any atom is -0.496 e. The number of nitrogens with zero attached hydrogens (tertiary/aromatic N) is 3. The third-order valence-electron chi connectivity index (χ3n) is 4.16. The first kappa shape index (κ1) is 15.1. The minimum atomic E-state index is 0.445. The lowest BCUT2D eigenvalue weighted by atomic mass is 10.1. The molecule has 0 unspecified atom stereocenters. The number of nitriles is 1. The van der Waals surface area contributed by atoms with Crippen molar-refractivity contribution in [2.24, 2.45) is 0 Å². The quantitative estimate of drug-likeness (QED) is 0.724. The maximum absolute atomic E-state index is 8.99. The zero-order valence-electron chi connectivity index (χ0n) is 13.6. The minimum absolute atomic E-state index is 0.445. The molecule has 0 saturated heterocycles. The fourth-order valence-electron chi connectivity index (χ4n) is 2.80. The highest BCUT2D eigenvalue weighted by atomic mass is 16.5. The van der Waals surface area contributed by atoms with Crippen LogP contribution in [0, 0.1) is 25.2 Å². The molecule has 0 atom stereocenters. The Labute approximate surface area is 136 Å². The van der Waals surface area contributed by atoms with Gasteiger partial charge in [-0.3, -0.25) is 0 Å². The third kappa shape index (κ3) is 2.66. The van der Waals surface area contributed by atoms with E-state index < -0.39 is 0 Å². The molecule has 0 aliphatic heterocycles. The predicted molar refractivity (Wildman–Crippen MR) is 91.4 cm³/mol. The molecule has 0 amide bonds. The fourth-order valence-corrected chi connectivity index (χ4v) is 2.80. The number of aryl methyl sites for hydroxylation is 3. The number of fused-ring (bicyclic) bond motifs is 1. The molecule has 2 aromatic carbocycles. The molecule has 0 radical (unpaired) electrons. The highest BCUT2D eigenvalue weighted by Crippen LogP contribution is 2.32. The predicted octanol–water partition coefficient (Wildman–Crippen LogP) is 4.24. The summed E-state index contributed by atoms with van der Waals surface area (Å²) in [6.07, 6.45) is 0.445. The SMILES string of the molecule is COc1ccccc1-c1nc2cc(C)c(C)cc2n1CCC#N. The van der Waals surface area contributed by atoms with Crippen molar-refractivity contribution in [2.45, 2.75) is 26.8 Å². The summed E-state index contributed by atoms with van der Waals surface area (Å²) in [4.78, 5) is 4.82. The molecule has 0 aliphatic carbocycles. The average molecular weight is 305 g/mol. The van der Waals surface area contributed by atoms with Crippen LogP contribution in [0.15, 0.2) is 36.4 Å². The molecule has 0 aliphatic rings. The van der Waals surface area contributed by atoms with Crippen molar-refractivity contribution in [2.75, 3.05) is 7.11 Å². The summed E-state index contributed by atoms with van der Waals surface area (Å²) in [5, 5.41) is 8.99. The summed E-state index contributed by atoms with van der Waals surface area (Å²) in [6, 6.07) is 14.3. The maximum Gasteiger partial charge on any atom is 0.144 e. The smallest absolute Gasteiger partial charge is 0.144 e. The Morgan fingerprint density at radius 3 is 2.65 bits per heavy atom. The molecular weight excluding hydrogens is 286 g/mol. The second-order valence-corrected chi connectivity index (χ2v) is 5.62. The van der Waals surface area contributed by atoms with E-state index in [2.05, 4.69) is 36.6 Å². The number of benzene rings is 2. The van der Waals surface area contributed by atoms with Crippen LogP contribution < -0.4 is 4.74 Å². The molecule has 4 heteroatoms. The van der Waals surface area contributed by atoms with Gasteiger partial charge in [-0.1, -0.05) is 12.1 Å². The van der Waals surface area contributed by atoms with E-state index in [1.54, 1.807) is 7.11 Å². The Hall–Kier alpha value is -2.80. The summed E-state index contributed by atoms with van der Waals surface area (Å²) in [5.74, 6) is 1.63. The summed E-state index contributed by atoms with van der Waals surface area (Å²) in [6.45, 7) is 4.80. The first-order chi connectivity index (χ1) is 11.2.